The van der Waals surface area contributed by atoms with Crippen molar-refractivity contribution in [2.24, 2.45) is 0 Å². The molecule has 15 heavy (non-hydrogen) atoms. The van der Waals surface area contributed by atoms with Crippen molar-refractivity contribution >= 4 is 0 Å². The Morgan fingerprint density at radius 1 is 1.53 bits per heavy atom. The fourth-order valence-electron chi connectivity index (χ4n) is 1.12. The van der Waals surface area contributed by atoms with E-state index >= 15 is 0 Å². The van der Waals surface area contributed by atoms with Crippen LogP contribution >= 0.6 is 0 Å². The van der Waals surface area contributed by atoms with Gasteiger partial charge >= 0.3 is 0 Å². The lowest BCUT2D eigenvalue weighted by Crippen LogP contribution is -2.34. The van der Waals surface area contributed by atoms with Crippen molar-refractivity contribution in [3.05, 3.63) is 24.2 Å². The van der Waals surface area contributed by atoms with Crippen LogP contribution in [0.4, 0.5) is 0 Å². The fourth-order valence-corrected chi connectivity index (χ4v) is 1.12. The van der Waals surface area contributed by atoms with Gasteiger partial charge in [-0.2, -0.15) is 0 Å². The van der Waals surface area contributed by atoms with Crippen LogP contribution in [-0.4, -0.2) is 30.4 Å². The van der Waals surface area contributed by atoms with Gasteiger partial charge in [-0.15, -0.1) is 0 Å². The summed E-state index contributed by atoms with van der Waals surface area (Å²) in [6, 6.07) is 4.04. The molecule has 0 aliphatic heterocycles. The van der Waals surface area contributed by atoms with E-state index in [2.05, 4.69) is 5.32 Å². The molecule has 0 aliphatic carbocycles. The van der Waals surface area contributed by atoms with E-state index in [1.807, 2.05) is 26.0 Å². The van der Waals surface area contributed by atoms with Crippen LogP contribution < -0.4 is 5.32 Å². The molecule has 0 bridgehead atoms. The van der Waals surface area contributed by atoms with E-state index in [0.717, 1.165) is 5.76 Å². The van der Waals surface area contributed by atoms with E-state index in [1.54, 1.807) is 6.26 Å². The quantitative estimate of drug-likeness (QED) is 0.713. The van der Waals surface area contributed by atoms with Crippen LogP contribution in [0.5, 0.6) is 0 Å². The van der Waals surface area contributed by atoms with Crippen molar-refractivity contribution in [1.82, 2.24) is 5.32 Å². The number of furan rings is 1. The van der Waals surface area contributed by atoms with Gasteiger partial charge in [0, 0.05) is 12.6 Å². The summed E-state index contributed by atoms with van der Waals surface area (Å²) in [7, 11) is 0. The molecule has 0 aliphatic rings. The average molecular weight is 213 g/mol. The third kappa shape index (κ3) is 5.57. The molecule has 2 N–H and O–H groups in total. The molecule has 0 radical (unpaired) electrons. The number of aliphatic hydroxyl groups is 1. The monoisotopic (exact) mass is 213 g/mol. The summed E-state index contributed by atoms with van der Waals surface area (Å²) < 4.78 is 10.4. The molecule has 0 fully saturated rings. The smallest absolute Gasteiger partial charge is 0.129 e. The Hall–Kier alpha value is -0.840. The van der Waals surface area contributed by atoms with Crippen molar-refractivity contribution in [1.29, 1.82) is 0 Å². The zero-order chi connectivity index (χ0) is 11.1. The molecular formula is C11H19NO3. The third-order valence-corrected chi connectivity index (χ3v) is 1.90. The van der Waals surface area contributed by atoms with E-state index in [4.69, 9.17) is 9.15 Å². The summed E-state index contributed by atoms with van der Waals surface area (Å²) in [6.07, 6.45) is 1.14. The maximum Gasteiger partial charge on any atom is 0.129 e. The van der Waals surface area contributed by atoms with E-state index in [9.17, 15) is 5.11 Å². The van der Waals surface area contributed by atoms with Crippen molar-refractivity contribution in [2.45, 2.75) is 32.6 Å². The lowest BCUT2D eigenvalue weighted by atomic mass is 10.3. The largest absolute Gasteiger partial charge is 0.467 e. The van der Waals surface area contributed by atoms with Crippen molar-refractivity contribution in [3.63, 3.8) is 0 Å². The van der Waals surface area contributed by atoms with Gasteiger partial charge in [-0.05, 0) is 12.1 Å². The summed E-state index contributed by atoms with van der Waals surface area (Å²) in [5, 5.41) is 12.6. The molecule has 0 saturated carbocycles. The van der Waals surface area contributed by atoms with Crippen LogP contribution in [0.2, 0.25) is 0 Å². The van der Waals surface area contributed by atoms with Crippen molar-refractivity contribution < 1.29 is 14.3 Å². The Bertz CT molecular complexity index is 246. The highest BCUT2D eigenvalue weighted by Gasteiger charge is 2.05. The van der Waals surface area contributed by atoms with Gasteiger partial charge in [0.2, 0.25) is 0 Å². The molecular weight excluding hydrogens is 194 g/mol. The Balaban J connectivity index is 2.04. The summed E-state index contributed by atoms with van der Waals surface area (Å²) in [6.45, 7) is 5.36. The zero-order valence-electron chi connectivity index (χ0n) is 9.27. The normalized spacial score (nSPS) is 13.3. The molecule has 0 spiro atoms. The zero-order valence-corrected chi connectivity index (χ0v) is 9.27. The maximum atomic E-state index is 9.51. The molecule has 1 aromatic heterocycles. The van der Waals surface area contributed by atoms with Gasteiger partial charge in [0.05, 0.1) is 19.0 Å². The summed E-state index contributed by atoms with van der Waals surface area (Å²) in [5.41, 5.74) is 0. The Labute approximate surface area is 90.2 Å². The SMILES string of the molecule is CC(C)NCC(O)COCc1ccco1. The van der Waals surface area contributed by atoms with Crippen molar-refractivity contribution in [2.75, 3.05) is 13.2 Å². The molecule has 0 saturated heterocycles. The topological polar surface area (TPSA) is 54.6 Å². The van der Waals surface area contributed by atoms with Gasteiger partial charge in [0.1, 0.15) is 12.4 Å². The first kappa shape index (κ1) is 12.2. The predicted octanol–water partition coefficient (Wildman–Crippen LogP) is 1.16. The van der Waals surface area contributed by atoms with E-state index in [0.29, 0.717) is 25.8 Å². The van der Waals surface area contributed by atoms with E-state index in [-0.39, 0.29) is 0 Å². The van der Waals surface area contributed by atoms with Crippen LogP contribution in [0.1, 0.15) is 19.6 Å². The fraction of sp³-hybridized carbons (Fsp3) is 0.636. The van der Waals surface area contributed by atoms with Crippen LogP contribution in [0.25, 0.3) is 0 Å². The van der Waals surface area contributed by atoms with Crippen LogP contribution in [-0.2, 0) is 11.3 Å². The van der Waals surface area contributed by atoms with Crippen LogP contribution in [0, 0.1) is 0 Å². The second-order valence-electron chi connectivity index (χ2n) is 3.81. The standard InChI is InChI=1S/C11H19NO3/c1-9(2)12-6-10(13)7-14-8-11-4-3-5-15-11/h3-5,9-10,12-13H,6-8H2,1-2H3. The number of aliphatic hydroxyl groups excluding tert-OH is 1. The molecule has 1 rings (SSSR count). The summed E-state index contributed by atoms with van der Waals surface area (Å²) in [4.78, 5) is 0. The van der Waals surface area contributed by atoms with Crippen LogP contribution in [0.15, 0.2) is 22.8 Å². The highest BCUT2D eigenvalue weighted by Crippen LogP contribution is 2.01. The van der Waals surface area contributed by atoms with Gasteiger partial charge < -0.3 is 19.6 Å². The minimum atomic E-state index is -0.470. The molecule has 1 aromatic rings. The number of nitrogens with one attached hydrogen (secondary N) is 1. The average Bonchev–Trinajstić information content (AvgIpc) is 2.67. The highest BCUT2D eigenvalue weighted by molar-refractivity contribution is 4.96. The maximum absolute atomic E-state index is 9.51. The van der Waals surface area contributed by atoms with Gasteiger partial charge in [-0.1, -0.05) is 13.8 Å². The number of rotatable bonds is 7. The first-order valence-electron chi connectivity index (χ1n) is 5.20. The number of ether oxygens (including phenoxy) is 1. The lowest BCUT2D eigenvalue weighted by Gasteiger charge is -2.13. The first-order valence-corrected chi connectivity index (χ1v) is 5.20. The molecule has 0 aromatic carbocycles. The third-order valence-electron chi connectivity index (χ3n) is 1.90. The Morgan fingerprint density at radius 3 is 2.93 bits per heavy atom. The Morgan fingerprint density at radius 2 is 2.33 bits per heavy atom. The van der Waals surface area contributed by atoms with Gasteiger partial charge in [-0.25, -0.2) is 0 Å². The number of hydrogen-bond donors (Lipinski definition) is 2. The predicted molar refractivity (Wildman–Crippen MR) is 57.5 cm³/mol. The molecule has 4 nitrogen and oxygen atoms in total. The minimum absolute atomic E-state index is 0.320. The second-order valence-corrected chi connectivity index (χ2v) is 3.81. The molecule has 1 unspecified atom stereocenters. The molecule has 0 amide bonds. The molecule has 4 heteroatoms. The van der Waals surface area contributed by atoms with E-state index in [1.165, 1.54) is 0 Å². The summed E-state index contributed by atoms with van der Waals surface area (Å²) in [5.74, 6) is 0.777. The molecule has 1 atom stereocenters. The van der Waals surface area contributed by atoms with Crippen LogP contribution in [0.3, 0.4) is 0 Å². The summed E-state index contributed by atoms with van der Waals surface area (Å²) >= 11 is 0. The van der Waals surface area contributed by atoms with Gasteiger partial charge in [0.15, 0.2) is 0 Å². The Kier molecular flexibility index (Phi) is 5.39. The van der Waals surface area contributed by atoms with Crippen molar-refractivity contribution in [3.8, 4) is 0 Å². The number of hydrogen-bond acceptors (Lipinski definition) is 4. The lowest BCUT2D eigenvalue weighted by molar-refractivity contribution is 0.0219. The second kappa shape index (κ2) is 6.61. The van der Waals surface area contributed by atoms with Gasteiger partial charge in [-0.3, -0.25) is 0 Å². The van der Waals surface area contributed by atoms with Gasteiger partial charge in [0.25, 0.3) is 0 Å². The molecule has 86 valence electrons. The minimum Gasteiger partial charge on any atom is -0.467 e. The van der Waals surface area contributed by atoms with E-state index < -0.39 is 6.10 Å². The molecule has 1 heterocycles. The first-order chi connectivity index (χ1) is 7.18. The highest BCUT2D eigenvalue weighted by atomic mass is 16.5.